The van der Waals surface area contributed by atoms with Crippen LogP contribution in [0.2, 0.25) is 0 Å². The SMILES string of the molecule is CC(C)(C)OC(=O)N1C[C@]1(C=O)Cc1ccccc1. The zero-order valence-electron chi connectivity index (χ0n) is 11.6. The molecule has 1 fully saturated rings. The first-order chi connectivity index (χ1) is 8.86. The first kappa shape index (κ1) is 13.6. The van der Waals surface area contributed by atoms with E-state index in [0.717, 1.165) is 11.8 Å². The Morgan fingerprint density at radius 3 is 2.53 bits per heavy atom. The molecule has 1 aliphatic rings. The molecule has 0 radical (unpaired) electrons. The van der Waals surface area contributed by atoms with Gasteiger partial charge in [0, 0.05) is 6.42 Å². The number of carbonyl (C=O) groups excluding carboxylic acids is 2. The molecule has 2 rings (SSSR count). The zero-order chi connectivity index (χ0) is 14.1. The molecule has 0 bridgehead atoms. The van der Waals surface area contributed by atoms with E-state index in [1.54, 1.807) is 0 Å². The molecule has 1 saturated heterocycles. The number of amides is 1. The average Bonchev–Trinajstić information content (AvgIpc) is 3.03. The van der Waals surface area contributed by atoms with Crippen LogP contribution in [0.15, 0.2) is 30.3 Å². The molecule has 1 aromatic rings. The van der Waals surface area contributed by atoms with Gasteiger partial charge < -0.3 is 9.53 Å². The van der Waals surface area contributed by atoms with Gasteiger partial charge in [-0.25, -0.2) is 4.79 Å². The number of hydrogen-bond acceptors (Lipinski definition) is 3. The first-order valence-corrected chi connectivity index (χ1v) is 6.37. The van der Waals surface area contributed by atoms with Crippen molar-refractivity contribution in [3.8, 4) is 0 Å². The molecule has 1 aromatic carbocycles. The van der Waals surface area contributed by atoms with Crippen LogP contribution in [0.4, 0.5) is 4.79 Å². The van der Waals surface area contributed by atoms with Crippen molar-refractivity contribution in [1.29, 1.82) is 0 Å². The molecule has 1 aliphatic heterocycles. The van der Waals surface area contributed by atoms with Gasteiger partial charge in [-0.3, -0.25) is 4.90 Å². The molecular weight excluding hydrogens is 242 g/mol. The van der Waals surface area contributed by atoms with E-state index >= 15 is 0 Å². The van der Waals surface area contributed by atoms with Crippen molar-refractivity contribution in [3.63, 3.8) is 0 Å². The minimum Gasteiger partial charge on any atom is -0.444 e. The van der Waals surface area contributed by atoms with Gasteiger partial charge in [0.25, 0.3) is 0 Å². The third-order valence-corrected chi connectivity index (χ3v) is 3.05. The minimum atomic E-state index is -0.719. The van der Waals surface area contributed by atoms with Gasteiger partial charge in [0.15, 0.2) is 0 Å². The number of benzene rings is 1. The summed E-state index contributed by atoms with van der Waals surface area (Å²) in [5.74, 6) is 0. The van der Waals surface area contributed by atoms with E-state index in [4.69, 9.17) is 4.74 Å². The maximum atomic E-state index is 11.9. The lowest BCUT2D eigenvalue weighted by molar-refractivity contribution is -0.110. The summed E-state index contributed by atoms with van der Waals surface area (Å²) < 4.78 is 5.28. The molecule has 19 heavy (non-hydrogen) atoms. The van der Waals surface area contributed by atoms with Gasteiger partial charge >= 0.3 is 6.09 Å². The first-order valence-electron chi connectivity index (χ1n) is 6.37. The Labute approximate surface area is 113 Å². The second-order valence-corrected chi connectivity index (χ2v) is 5.95. The predicted octanol–water partition coefficient (Wildman–Crippen LogP) is 2.42. The Kier molecular flexibility index (Phi) is 3.35. The van der Waals surface area contributed by atoms with E-state index in [1.165, 1.54) is 4.90 Å². The normalized spacial score (nSPS) is 21.9. The second-order valence-electron chi connectivity index (χ2n) is 5.95. The molecule has 1 atom stereocenters. The number of rotatable bonds is 3. The fraction of sp³-hybridized carbons (Fsp3) is 0.467. The van der Waals surface area contributed by atoms with Crippen molar-refractivity contribution >= 4 is 12.4 Å². The zero-order valence-corrected chi connectivity index (χ0v) is 11.6. The van der Waals surface area contributed by atoms with Gasteiger partial charge in [0.1, 0.15) is 17.4 Å². The van der Waals surface area contributed by atoms with Crippen molar-refractivity contribution in [2.75, 3.05) is 6.54 Å². The summed E-state index contributed by atoms with van der Waals surface area (Å²) in [4.78, 5) is 24.7. The Morgan fingerprint density at radius 1 is 1.37 bits per heavy atom. The summed E-state index contributed by atoms with van der Waals surface area (Å²) in [5.41, 5.74) is -0.217. The molecular formula is C15H19NO3. The topological polar surface area (TPSA) is 46.4 Å². The third-order valence-electron chi connectivity index (χ3n) is 3.05. The quantitative estimate of drug-likeness (QED) is 0.620. The van der Waals surface area contributed by atoms with Crippen LogP contribution in [0.3, 0.4) is 0 Å². The van der Waals surface area contributed by atoms with Crippen LogP contribution in [0.25, 0.3) is 0 Å². The lowest BCUT2D eigenvalue weighted by atomic mass is 10.0. The summed E-state index contributed by atoms with van der Waals surface area (Å²) in [6, 6.07) is 9.69. The number of hydrogen-bond donors (Lipinski definition) is 0. The fourth-order valence-electron chi connectivity index (χ4n) is 2.05. The molecule has 0 spiro atoms. The van der Waals surface area contributed by atoms with Crippen LogP contribution in [-0.2, 0) is 16.0 Å². The van der Waals surface area contributed by atoms with E-state index < -0.39 is 17.2 Å². The monoisotopic (exact) mass is 261 g/mol. The van der Waals surface area contributed by atoms with E-state index in [-0.39, 0.29) is 0 Å². The number of aldehydes is 1. The number of ether oxygens (including phenoxy) is 1. The minimum absolute atomic E-state index is 0.421. The van der Waals surface area contributed by atoms with E-state index in [2.05, 4.69) is 0 Å². The predicted molar refractivity (Wildman–Crippen MR) is 71.9 cm³/mol. The highest BCUT2D eigenvalue weighted by Gasteiger charge is 2.56. The van der Waals surface area contributed by atoms with Crippen LogP contribution < -0.4 is 0 Å². The molecule has 4 heteroatoms. The fourth-order valence-corrected chi connectivity index (χ4v) is 2.05. The van der Waals surface area contributed by atoms with Gasteiger partial charge in [-0.15, -0.1) is 0 Å². The lowest BCUT2D eigenvalue weighted by Gasteiger charge is -2.21. The lowest BCUT2D eigenvalue weighted by Crippen LogP contribution is -2.32. The van der Waals surface area contributed by atoms with Gasteiger partial charge in [-0.1, -0.05) is 30.3 Å². The van der Waals surface area contributed by atoms with Gasteiger partial charge in [0.2, 0.25) is 0 Å². The summed E-state index contributed by atoms with van der Waals surface area (Å²) in [7, 11) is 0. The Bertz CT molecular complexity index is 478. The Morgan fingerprint density at radius 2 is 2.00 bits per heavy atom. The molecule has 1 heterocycles. The van der Waals surface area contributed by atoms with Crippen molar-refractivity contribution < 1.29 is 14.3 Å². The Hall–Kier alpha value is -1.84. The van der Waals surface area contributed by atoms with E-state index in [0.29, 0.717) is 13.0 Å². The molecule has 0 saturated carbocycles. The number of carbonyl (C=O) groups is 2. The maximum absolute atomic E-state index is 11.9. The van der Waals surface area contributed by atoms with Crippen molar-refractivity contribution in [2.24, 2.45) is 0 Å². The maximum Gasteiger partial charge on any atom is 0.411 e. The van der Waals surface area contributed by atoms with Crippen LogP contribution in [0.5, 0.6) is 0 Å². The van der Waals surface area contributed by atoms with Crippen molar-refractivity contribution in [3.05, 3.63) is 35.9 Å². The third kappa shape index (κ3) is 3.13. The average molecular weight is 261 g/mol. The second kappa shape index (κ2) is 4.68. The van der Waals surface area contributed by atoms with Gasteiger partial charge in [-0.05, 0) is 26.3 Å². The summed E-state index contributed by atoms with van der Waals surface area (Å²) in [6.45, 7) is 5.87. The largest absolute Gasteiger partial charge is 0.444 e. The van der Waals surface area contributed by atoms with Gasteiger partial charge in [-0.2, -0.15) is 0 Å². The smallest absolute Gasteiger partial charge is 0.411 e. The summed E-state index contributed by atoms with van der Waals surface area (Å²) in [6.07, 6.45) is 0.969. The standard InChI is InChI=1S/C15H19NO3/c1-14(2,3)19-13(18)16-10-15(16,11-17)9-12-7-5-4-6-8-12/h4-8,11H,9-10H2,1-3H3/t15-,16?/m0/s1. The molecule has 0 aliphatic carbocycles. The van der Waals surface area contributed by atoms with Crippen molar-refractivity contribution in [1.82, 2.24) is 4.90 Å². The molecule has 0 unspecified atom stereocenters. The summed E-state index contributed by atoms with van der Waals surface area (Å²) in [5, 5.41) is 0. The highest BCUT2D eigenvalue weighted by Crippen LogP contribution is 2.35. The van der Waals surface area contributed by atoms with Crippen LogP contribution in [0.1, 0.15) is 26.3 Å². The molecule has 4 nitrogen and oxygen atoms in total. The van der Waals surface area contributed by atoms with Crippen LogP contribution in [0, 0.1) is 0 Å². The molecule has 1 amide bonds. The van der Waals surface area contributed by atoms with Gasteiger partial charge in [0.05, 0.1) is 6.54 Å². The molecule has 0 aromatic heterocycles. The molecule has 0 N–H and O–H groups in total. The highest BCUT2D eigenvalue weighted by atomic mass is 16.6. The van der Waals surface area contributed by atoms with Crippen LogP contribution >= 0.6 is 0 Å². The molecule has 102 valence electrons. The Balaban J connectivity index is 2.04. The van der Waals surface area contributed by atoms with E-state index in [1.807, 2.05) is 51.1 Å². The van der Waals surface area contributed by atoms with E-state index in [9.17, 15) is 9.59 Å². The van der Waals surface area contributed by atoms with Crippen molar-refractivity contribution in [2.45, 2.75) is 38.3 Å². The summed E-state index contributed by atoms with van der Waals surface area (Å²) >= 11 is 0. The number of nitrogens with zero attached hydrogens (tertiary/aromatic N) is 1. The van der Waals surface area contributed by atoms with Crippen LogP contribution in [-0.4, -0.2) is 35.0 Å². The highest BCUT2D eigenvalue weighted by molar-refractivity contribution is 5.84.